The summed E-state index contributed by atoms with van der Waals surface area (Å²) in [6, 6.07) is 1.21. The van der Waals surface area contributed by atoms with Crippen LogP contribution in [0.3, 0.4) is 0 Å². The Morgan fingerprint density at radius 1 is 1.71 bits per heavy atom. The first-order valence-corrected chi connectivity index (χ1v) is 4.82. The maximum absolute atomic E-state index is 12.6. The molecule has 1 aliphatic rings. The van der Waals surface area contributed by atoms with Crippen LogP contribution in [0, 0.1) is 5.82 Å². The molecular weight excluding hydrogens is 183 g/mol. The molecule has 0 aromatic carbocycles. The first-order valence-electron chi connectivity index (χ1n) is 4.82. The van der Waals surface area contributed by atoms with Crippen molar-refractivity contribution in [2.24, 2.45) is 0 Å². The van der Waals surface area contributed by atoms with E-state index < -0.39 is 5.82 Å². The molecule has 1 heterocycles. The van der Waals surface area contributed by atoms with Crippen molar-refractivity contribution in [1.82, 2.24) is 10.3 Å². The van der Waals surface area contributed by atoms with Crippen molar-refractivity contribution in [2.45, 2.75) is 31.7 Å². The van der Waals surface area contributed by atoms with Crippen molar-refractivity contribution in [3.63, 3.8) is 0 Å². The Hall–Kier alpha value is -1.32. The third-order valence-electron chi connectivity index (χ3n) is 2.80. The minimum absolute atomic E-state index is 0.0152. The van der Waals surface area contributed by atoms with Gasteiger partial charge in [-0.05, 0) is 19.3 Å². The molecule has 4 heteroatoms. The van der Waals surface area contributed by atoms with Crippen molar-refractivity contribution in [1.29, 1.82) is 0 Å². The molecule has 76 valence electrons. The van der Waals surface area contributed by atoms with E-state index in [1.165, 1.54) is 12.3 Å². The molecule has 1 aromatic heterocycles. The Labute approximate surface area is 81.7 Å². The predicted octanol–water partition coefficient (Wildman–Crippen LogP) is 1.83. The number of amides is 1. The van der Waals surface area contributed by atoms with Gasteiger partial charge >= 0.3 is 0 Å². The molecule has 1 aliphatic carbocycles. The van der Waals surface area contributed by atoms with Crippen molar-refractivity contribution in [3.05, 3.63) is 23.8 Å². The van der Waals surface area contributed by atoms with Crippen molar-refractivity contribution >= 4 is 5.91 Å². The first kappa shape index (κ1) is 9.24. The van der Waals surface area contributed by atoms with Gasteiger partial charge in [0, 0.05) is 17.8 Å². The van der Waals surface area contributed by atoms with Crippen molar-refractivity contribution in [3.8, 4) is 0 Å². The van der Waals surface area contributed by atoms with Crippen LogP contribution in [0.15, 0.2) is 12.3 Å². The highest BCUT2D eigenvalue weighted by Gasteiger charge is 2.42. The highest BCUT2D eigenvalue weighted by molar-refractivity contribution is 5.93. The Kier molecular flexibility index (Phi) is 2.06. The summed E-state index contributed by atoms with van der Waals surface area (Å²) in [5.74, 6) is -0.621. The number of hydrogen-bond acceptors (Lipinski definition) is 1. The van der Waals surface area contributed by atoms with Gasteiger partial charge < -0.3 is 10.3 Å². The summed E-state index contributed by atoms with van der Waals surface area (Å²) in [5, 5.41) is 2.91. The van der Waals surface area contributed by atoms with E-state index in [1.807, 2.05) is 6.92 Å². The molecule has 0 unspecified atom stereocenters. The molecule has 3 nitrogen and oxygen atoms in total. The molecule has 0 aliphatic heterocycles. The second-order valence-corrected chi connectivity index (χ2v) is 3.82. The summed E-state index contributed by atoms with van der Waals surface area (Å²) in [7, 11) is 0. The third kappa shape index (κ3) is 1.64. The lowest BCUT2D eigenvalue weighted by molar-refractivity contribution is 0.0925. The zero-order valence-corrected chi connectivity index (χ0v) is 8.06. The summed E-state index contributed by atoms with van der Waals surface area (Å²) in [6.45, 7) is 2.04. The second kappa shape index (κ2) is 3.12. The average molecular weight is 196 g/mol. The normalized spacial score (nSPS) is 17.9. The zero-order valence-electron chi connectivity index (χ0n) is 8.06. The summed E-state index contributed by atoms with van der Waals surface area (Å²) >= 11 is 0. The molecule has 1 saturated carbocycles. The fraction of sp³-hybridized carbons (Fsp3) is 0.500. The third-order valence-corrected chi connectivity index (χ3v) is 2.80. The summed E-state index contributed by atoms with van der Waals surface area (Å²) in [6.07, 6.45) is 4.17. The number of carbonyl (C=O) groups excluding carboxylic acids is 1. The van der Waals surface area contributed by atoms with Crippen LogP contribution in [-0.2, 0) is 0 Å². The SMILES string of the molecule is CCC1(NC(=O)c2cc(F)c[nH]2)CC1. The van der Waals surface area contributed by atoms with Crippen LogP contribution >= 0.6 is 0 Å². The van der Waals surface area contributed by atoms with Gasteiger partial charge in [-0.25, -0.2) is 4.39 Å². The maximum Gasteiger partial charge on any atom is 0.268 e. The average Bonchev–Trinajstić information content (AvgIpc) is 2.80. The van der Waals surface area contributed by atoms with Crippen LogP contribution in [0.2, 0.25) is 0 Å². The van der Waals surface area contributed by atoms with Gasteiger partial charge in [-0.15, -0.1) is 0 Å². The number of carbonyl (C=O) groups is 1. The molecule has 0 saturated heterocycles. The van der Waals surface area contributed by atoms with Crippen LogP contribution in [0.1, 0.15) is 36.7 Å². The molecule has 0 atom stereocenters. The van der Waals surface area contributed by atoms with E-state index in [-0.39, 0.29) is 11.4 Å². The minimum Gasteiger partial charge on any atom is -0.355 e. The number of rotatable bonds is 3. The second-order valence-electron chi connectivity index (χ2n) is 3.82. The van der Waals surface area contributed by atoms with Crippen LogP contribution in [0.5, 0.6) is 0 Å². The fourth-order valence-electron chi connectivity index (χ4n) is 1.53. The smallest absolute Gasteiger partial charge is 0.268 e. The Balaban J connectivity index is 2.03. The van der Waals surface area contributed by atoms with Gasteiger partial charge in [-0.3, -0.25) is 4.79 Å². The number of nitrogens with one attached hydrogen (secondary N) is 2. The summed E-state index contributed by atoms with van der Waals surface area (Å²) < 4.78 is 12.6. The number of aromatic nitrogens is 1. The number of aromatic amines is 1. The van der Waals surface area contributed by atoms with Gasteiger partial charge in [-0.1, -0.05) is 6.92 Å². The molecule has 0 spiro atoms. The summed E-state index contributed by atoms with van der Waals surface area (Å²) in [5.41, 5.74) is 0.279. The van der Waals surface area contributed by atoms with Crippen LogP contribution < -0.4 is 5.32 Å². The lowest BCUT2D eigenvalue weighted by atomic mass is 10.2. The van der Waals surface area contributed by atoms with E-state index >= 15 is 0 Å². The molecule has 1 amide bonds. The lowest BCUT2D eigenvalue weighted by Crippen LogP contribution is -2.36. The van der Waals surface area contributed by atoms with Gasteiger partial charge in [0.25, 0.3) is 5.91 Å². The molecular formula is C10H13FN2O. The molecule has 14 heavy (non-hydrogen) atoms. The van der Waals surface area contributed by atoms with E-state index in [9.17, 15) is 9.18 Å². The van der Waals surface area contributed by atoms with Gasteiger partial charge in [0.05, 0.1) is 0 Å². The molecule has 1 aromatic rings. The highest BCUT2D eigenvalue weighted by atomic mass is 19.1. The van der Waals surface area contributed by atoms with Crippen LogP contribution in [0.25, 0.3) is 0 Å². The Morgan fingerprint density at radius 3 is 2.86 bits per heavy atom. The predicted molar refractivity (Wildman–Crippen MR) is 50.5 cm³/mol. The van der Waals surface area contributed by atoms with Gasteiger partial charge in [0.2, 0.25) is 0 Å². The monoisotopic (exact) mass is 196 g/mol. The molecule has 2 N–H and O–H groups in total. The number of hydrogen-bond donors (Lipinski definition) is 2. The van der Waals surface area contributed by atoms with Crippen LogP contribution in [-0.4, -0.2) is 16.4 Å². The number of H-pyrrole nitrogens is 1. The van der Waals surface area contributed by atoms with E-state index in [0.717, 1.165) is 19.3 Å². The zero-order chi connectivity index (χ0) is 10.2. The standard InChI is InChI=1S/C10H13FN2O/c1-2-10(3-4-10)13-9(14)8-5-7(11)6-12-8/h5-6,12H,2-4H2,1H3,(H,13,14). The first-order chi connectivity index (χ1) is 6.65. The quantitative estimate of drug-likeness (QED) is 0.761. The molecule has 0 bridgehead atoms. The number of halogens is 1. The Morgan fingerprint density at radius 2 is 2.43 bits per heavy atom. The van der Waals surface area contributed by atoms with E-state index in [0.29, 0.717) is 5.69 Å². The minimum atomic E-state index is -0.406. The lowest BCUT2D eigenvalue weighted by Gasteiger charge is -2.13. The molecule has 2 rings (SSSR count). The van der Waals surface area contributed by atoms with Gasteiger partial charge in [0.1, 0.15) is 11.5 Å². The highest BCUT2D eigenvalue weighted by Crippen LogP contribution is 2.38. The molecule has 0 radical (unpaired) electrons. The van der Waals surface area contributed by atoms with Crippen molar-refractivity contribution in [2.75, 3.05) is 0 Å². The van der Waals surface area contributed by atoms with E-state index in [2.05, 4.69) is 10.3 Å². The van der Waals surface area contributed by atoms with E-state index in [4.69, 9.17) is 0 Å². The molecule has 1 fully saturated rings. The van der Waals surface area contributed by atoms with Crippen molar-refractivity contribution < 1.29 is 9.18 Å². The van der Waals surface area contributed by atoms with Gasteiger partial charge in [-0.2, -0.15) is 0 Å². The summed E-state index contributed by atoms with van der Waals surface area (Å²) in [4.78, 5) is 14.2. The van der Waals surface area contributed by atoms with E-state index in [1.54, 1.807) is 0 Å². The van der Waals surface area contributed by atoms with Crippen LogP contribution in [0.4, 0.5) is 4.39 Å². The Bertz CT molecular complexity index is 355. The topological polar surface area (TPSA) is 44.9 Å². The maximum atomic E-state index is 12.6. The van der Waals surface area contributed by atoms with Gasteiger partial charge in [0.15, 0.2) is 0 Å². The fourth-order valence-corrected chi connectivity index (χ4v) is 1.53. The largest absolute Gasteiger partial charge is 0.355 e.